The van der Waals surface area contributed by atoms with Crippen molar-refractivity contribution in [2.45, 2.75) is 6.61 Å². The fourth-order valence-corrected chi connectivity index (χ4v) is 2.81. The van der Waals surface area contributed by atoms with Crippen molar-refractivity contribution < 1.29 is 18.8 Å². The van der Waals surface area contributed by atoms with Crippen molar-refractivity contribution in [2.75, 3.05) is 7.11 Å². The molecule has 9 heteroatoms. The smallest absolute Gasteiger partial charge is 0.363 e. The number of hydrogen-bond acceptors (Lipinski definition) is 7. The highest BCUT2D eigenvalue weighted by Crippen LogP contribution is 2.22. The molecule has 0 spiro atoms. The quantitative estimate of drug-likeness (QED) is 0.444. The topological polar surface area (TPSA) is 92.3 Å². The number of nitrogens with zero attached hydrogens (tertiary/aromatic N) is 4. The molecule has 2 heterocycles. The number of rotatable bonds is 6. The summed E-state index contributed by atoms with van der Waals surface area (Å²) >= 11 is 5.97. The number of carbonyl (C=O) groups excluding carboxylic acids is 1. The van der Waals surface area contributed by atoms with Gasteiger partial charge in [0.1, 0.15) is 0 Å². The number of ether oxygens (including phenoxy) is 2. The molecular formula is C20H15ClN4O4. The molecule has 2 aromatic carbocycles. The highest BCUT2D eigenvalue weighted by molar-refractivity contribution is 6.30. The van der Waals surface area contributed by atoms with Gasteiger partial charge in [-0.3, -0.25) is 0 Å². The van der Waals surface area contributed by atoms with E-state index in [0.29, 0.717) is 22.2 Å². The van der Waals surface area contributed by atoms with E-state index in [4.69, 9.17) is 25.6 Å². The first kappa shape index (κ1) is 18.7. The Morgan fingerprint density at radius 3 is 2.76 bits per heavy atom. The Morgan fingerprint density at radius 2 is 2.00 bits per heavy atom. The number of hydrogen-bond donors (Lipinski definition) is 0. The molecule has 0 radical (unpaired) electrons. The average molecular weight is 411 g/mol. The number of carbonyl (C=O) groups is 1. The fourth-order valence-electron chi connectivity index (χ4n) is 2.62. The van der Waals surface area contributed by atoms with Gasteiger partial charge in [0.15, 0.2) is 12.4 Å². The molecule has 4 rings (SSSR count). The van der Waals surface area contributed by atoms with Crippen molar-refractivity contribution in [1.82, 2.24) is 19.9 Å². The third-order valence-electron chi connectivity index (χ3n) is 3.99. The van der Waals surface area contributed by atoms with Crippen LogP contribution in [-0.4, -0.2) is 33.0 Å². The number of esters is 1. The van der Waals surface area contributed by atoms with Crippen LogP contribution < -0.4 is 4.74 Å². The number of para-hydroxylation sites is 1. The second kappa shape index (κ2) is 8.15. The van der Waals surface area contributed by atoms with E-state index in [9.17, 15) is 4.79 Å². The highest BCUT2D eigenvalue weighted by atomic mass is 35.5. The Bertz CT molecular complexity index is 1140. The molecule has 0 aliphatic rings. The van der Waals surface area contributed by atoms with Gasteiger partial charge in [-0.05, 0) is 24.3 Å². The summed E-state index contributed by atoms with van der Waals surface area (Å²) in [4.78, 5) is 16.7. The Labute approximate surface area is 170 Å². The Hall–Kier alpha value is -3.65. The van der Waals surface area contributed by atoms with Gasteiger partial charge in [0.2, 0.25) is 11.5 Å². The number of methoxy groups -OCH3 is 1. The van der Waals surface area contributed by atoms with Crippen LogP contribution >= 0.6 is 11.6 Å². The molecule has 0 amide bonds. The molecule has 4 aromatic rings. The highest BCUT2D eigenvalue weighted by Gasteiger charge is 2.21. The molecule has 8 nitrogen and oxygen atoms in total. The monoisotopic (exact) mass is 410 g/mol. The third kappa shape index (κ3) is 4.12. The minimum absolute atomic E-state index is 0.0472. The number of halogens is 1. The van der Waals surface area contributed by atoms with Gasteiger partial charge >= 0.3 is 5.97 Å². The molecule has 0 bridgehead atoms. The lowest BCUT2D eigenvalue weighted by Gasteiger charge is -2.01. The Kier molecular flexibility index (Phi) is 5.26. The molecule has 0 unspecified atom stereocenters. The standard InChI is InChI=1S/C20H15ClN4O4/c1-27-16-11-25(15-8-3-2-4-9-15)23-18(16)20(26)28-12-17-22-19(24-29-17)13-6-5-7-14(21)10-13/h2-11H,12H2,1H3. The van der Waals surface area contributed by atoms with Crippen LogP contribution in [0.1, 0.15) is 16.4 Å². The van der Waals surface area contributed by atoms with Gasteiger partial charge in [0.25, 0.3) is 5.89 Å². The summed E-state index contributed by atoms with van der Waals surface area (Å²) in [6.07, 6.45) is 1.61. The maximum absolute atomic E-state index is 12.5. The SMILES string of the molecule is COc1cn(-c2ccccc2)nc1C(=O)OCc1nc(-c2cccc(Cl)c2)no1. The molecule has 2 aromatic heterocycles. The minimum atomic E-state index is -0.668. The van der Waals surface area contributed by atoms with Gasteiger partial charge in [0.05, 0.1) is 19.0 Å². The molecule has 0 atom stereocenters. The zero-order valence-corrected chi connectivity index (χ0v) is 16.0. The summed E-state index contributed by atoms with van der Waals surface area (Å²) in [6, 6.07) is 16.4. The Morgan fingerprint density at radius 1 is 1.17 bits per heavy atom. The zero-order valence-electron chi connectivity index (χ0n) is 15.3. The first-order valence-electron chi connectivity index (χ1n) is 8.59. The summed E-state index contributed by atoms with van der Waals surface area (Å²) in [5.41, 5.74) is 1.53. The zero-order chi connectivity index (χ0) is 20.2. The van der Waals surface area contributed by atoms with Crippen LogP contribution in [-0.2, 0) is 11.3 Å². The summed E-state index contributed by atoms with van der Waals surface area (Å²) in [7, 11) is 1.46. The van der Waals surface area contributed by atoms with Crippen LogP contribution in [0.15, 0.2) is 65.3 Å². The lowest BCUT2D eigenvalue weighted by atomic mass is 10.2. The molecule has 0 aliphatic heterocycles. The van der Waals surface area contributed by atoms with E-state index in [1.807, 2.05) is 30.3 Å². The second-order valence-electron chi connectivity index (χ2n) is 5.92. The summed E-state index contributed by atoms with van der Waals surface area (Å²) in [5.74, 6) is 0.127. The van der Waals surface area contributed by atoms with Gasteiger partial charge in [0, 0.05) is 10.6 Å². The maximum atomic E-state index is 12.5. The fraction of sp³-hybridized carbons (Fsp3) is 0.100. The van der Waals surface area contributed by atoms with Crippen molar-refractivity contribution >= 4 is 17.6 Å². The van der Waals surface area contributed by atoms with Crippen LogP contribution in [0.2, 0.25) is 5.02 Å². The molecule has 0 N–H and O–H groups in total. The van der Waals surface area contributed by atoms with Crippen LogP contribution in [0.4, 0.5) is 0 Å². The van der Waals surface area contributed by atoms with Crippen molar-refractivity contribution in [3.8, 4) is 22.8 Å². The van der Waals surface area contributed by atoms with Gasteiger partial charge in [-0.2, -0.15) is 10.1 Å². The van der Waals surface area contributed by atoms with Crippen LogP contribution in [0, 0.1) is 0 Å². The van der Waals surface area contributed by atoms with E-state index in [1.54, 1.807) is 35.1 Å². The van der Waals surface area contributed by atoms with Crippen LogP contribution in [0.5, 0.6) is 5.75 Å². The summed E-state index contributed by atoms with van der Waals surface area (Å²) in [5, 5.41) is 8.69. The lowest BCUT2D eigenvalue weighted by Crippen LogP contribution is -2.08. The van der Waals surface area contributed by atoms with E-state index in [-0.39, 0.29) is 18.2 Å². The first-order valence-corrected chi connectivity index (χ1v) is 8.96. The Balaban J connectivity index is 1.47. The van der Waals surface area contributed by atoms with Gasteiger partial charge in [-0.15, -0.1) is 0 Å². The van der Waals surface area contributed by atoms with E-state index >= 15 is 0 Å². The maximum Gasteiger partial charge on any atom is 0.363 e. The summed E-state index contributed by atoms with van der Waals surface area (Å²) < 4.78 is 17.2. The van der Waals surface area contributed by atoms with Crippen molar-refractivity contribution in [3.05, 3.63) is 77.4 Å². The number of aromatic nitrogens is 4. The largest absolute Gasteiger partial charge is 0.493 e. The van der Waals surface area contributed by atoms with Crippen LogP contribution in [0.25, 0.3) is 17.1 Å². The lowest BCUT2D eigenvalue weighted by molar-refractivity contribution is 0.0419. The third-order valence-corrected chi connectivity index (χ3v) is 4.23. The summed E-state index contributed by atoms with van der Waals surface area (Å²) in [6.45, 7) is -0.201. The van der Waals surface area contributed by atoms with E-state index in [0.717, 1.165) is 5.69 Å². The van der Waals surface area contributed by atoms with Crippen molar-refractivity contribution in [3.63, 3.8) is 0 Å². The van der Waals surface area contributed by atoms with Gasteiger partial charge in [-0.25, -0.2) is 9.48 Å². The average Bonchev–Trinajstić information content (AvgIpc) is 3.40. The minimum Gasteiger partial charge on any atom is -0.493 e. The van der Waals surface area contributed by atoms with E-state index in [2.05, 4.69) is 15.2 Å². The molecule has 29 heavy (non-hydrogen) atoms. The normalized spacial score (nSPS) is 10.7. The molecule has 0 fully saturated rings. The molecule has 0 saturated heterocycles. The van der Waals surface area contributed by atoms with Gasteiger partial charge < -0.3 is 14.0 Å². The van der Waals surface area contributed by atoms with Crippen LogP contribution in [0.3, 0.4) is 0 Å². The predicted octanol–water partition coefficient (Wildman–Crippen LogP) is 3.94. The van der Waals surface area contributed by atoms with E-state index in [1.165, 1.54) is 7.11 Å². The molecule has 0 aliphatic carbocycles. The predicted molar refractivity (Wildman–Crippen MR) is 104 cm³/mol. The van der Waals surface area contributed by atoms with E-state index < -0.39 is 5.97 Å². The second-order valence-corrected chi connectivity index (χ2v) is 6.36. The molecular weight excluding hydrogens is 396 g/mol. The molecule has 0 saturated carbocycles. The number of benzene rings is 2. The van der Waals surface area contributed by atoms with Crippen molar-refractivity contribution in [2.24, 2.45) is 0 Å². The first-order chi connectivity index (χ1) is 14.1. The molecule has 146 valence electrons. The van der Waals surface area contributed by atoms with Gasteiger partial charge in [-0.1, -0.05) is 47.1 Å². The van der Waals surface area contributed by atoms with Crippen molar-refractivity contribution in [1.29, 1.82) is 0 Å².